The van der Waals surface area contributed by atoms with Crippen molar-refractivity contribution < 1.29 is 14.3 Å². The highest BCUT2D eigenvalue weighted by molar-refractivity contribution is 5.83. The van der Waals surface area contributed by atoms with Crippen molar-refractivity contribution in [2.75, 3.05) is 0 Å². The number of carbonyl (C=O) groups excluding carboxylic acids is 2. The molecule has 0 saturated heterocycles. The number of hydrogen-bond donors (Lipinski definition) is 1. The van der Waals surface area contributed by atoms with Crippen LogP contribution in [0, 0.1) is 0 Å². The smallest absolute Gasteiger partial charge is 0.329 e. The van der Waals surface area contributed by atoms with Gasteiger partial charge in [0.1, 0.15) is 12.6 Å². The molecule has 2 aromatic carbocycles. The third-order valence-corrected chi connectivity index (χ3v) is 3.17. The van der Waals surface area contributed by atoms with Crippen molar-refractivity contribution in [2.24, 2.45) is 0 Å². The maximum absolute atomic E-state index is 12.2. The maximum atomic E-state index is 12.2. The quantitative estimate of drug-likeness (QED) is 0.833. The molecule has 2 aromatic rings. The Kier molecular flexibility index (Phi) is 5.72. The van der Waals surface area contributed by atoms with Gasteiger partial charge in [-0.05, 0) is 11.1 Å². The lowest BCUT2D eigenvalue weighted by Crippen LogP contribution is -2.42. The molecule has 0 saturated carbocycles. The average Bonchev–Trinajstić information content (AvgIpc) is 2.53. The van der Waals surface area contributed by atoms with Crippen LogP contribution in [0.3, 0.4) is 0 Å². The lowest BCUT2D eigenvalue weighted by molar-refractivity contribution is -0.149. The highest BCUT2D eigenvalue weighted by Gasteiger charge is 2.21. The SMILES string of the molecule is CC(=O)N[C@H](Cc1ccccc1)C(=O)OCc1ccccc1. The fourth-order valence-corrected chi connectivity index (χ4v) is 2.12. The fraction of sp³-hybridized carbons (Fsp3) is 0.222. The van der Waals surface area contributed by atoms with Gasteiger partial charge in [0.2, 0.25) is 5.91 Å². The Morgan fingerprint density at radius 1 is 0.955 bits per heavy atom. The van der Waals surface area contributed by atoms with Gasteiger partial charge in [0.25, 0.3) is 0 Å². The first-order valence-electron chi connectivity index (χ1n) is 7.17. The van der Waals surface area contributed by atoms with E-state index in [4.69, 9.17) is 4.74 Å². The minimum absolute atomic E-state index is 0.199. The average molecular weight is 297 g/mol. The molecule has 0 aliphatic carbocycles. The van der Waals surface area contributed by atoms with Crippen LogP contribution in [-0.4, -0.2) is 17.9 Å². The monoisotopic (exact) mass is 297 g/mol. The molecule has 0 bridgehead atoms. The first kappa shape index (κ1) is 15.8. The molecule has 0 radical (unpaired) electrons. The van der Waals surface area contributed by atoms with Crippen molar-refractivity contribution >= 4 is 11.9 Å². The zero-order valence-electron chi connectivity index (χ0n) is 12.5. The summed E-state index contributed by atoms with van der Waals surface area (Å²) in [7, 11) is 0. The summed E-state index contributed by atoms with van der Waals surface area (Å²) in [5.74, 6) is -0.680. The molecule has 0 aromatic heterocycles. The van der Waals surface area contributed by atoms with Crippen LogP contribution < -0.4 is 5.32 Å². The Morgan fingerprint density at radius 2 is 1.50 bits per heavy atom. The summed E-state index contributed by atoms with van der Waals surface area (Å²) >= 11 is 0. The number of rotatable bonds is 6. The molecule has 0 unspecified atom stereocenters. The second-order valence-electron chi connectivity index (χ2n) is 5.04. The summed E-state index contributed by atoms with van der Waals surface area (Å²) in [6.07, 6.45) is 0.411. The molecule has 0 heterocycles. The number of ether oxygens (including phenoxy) is 1. The molecule has 0 aliphatic heterocycles. The molecule has 22 heavy (non-hydrogen) atoms. The van der Waals surface area contributed by atoms with E-state index in [0.29, 0.717) is 6.42 Å². The van der Waals surface area contributed by atoms with Gasteiger partial charge in [-0.25, -0.2) is 4.79 Å². The van der Waals surface area contributed by atoms with Gasteiger partial charge in [-0.1, -0.05) is 60.7 Å². The van der Waals surface area contributed by atoms with Crippen LogP contribution in [0.2, 0.25) is 0 Å². The number of amides is 1. The van der Waals surface area contributed by atoms with Crippen molar-refractivity contribution in [3.8, 4) is 0 Å². The summed E-state index contributed by atoms with van der Waals surface area (Å²) in [4.78, 5) is 23.5. The van der Waals surface area contributed by atoms with Gasteiger partial charge in [0.05, 0.1) is 0 Å². The van der Waals surface area contributed by atoms with E-state index in [-0.39, 0.29) is 12.5 Å². The van der Waals surface area contributed by atoms with Crippen LogP contribution in [0.5, 0.6) is 0 Å². The van der Waals surface area contributed by atoms with Crippen LogP contribution in [0.4, 0.5) is 0 Å². The summed E-state index contributed by atoms with van der Waals surface area (Å²) < 4.78 is 5.31. The van der Waals surface area contributed by atoms with Gasteiger partial charge in [-0.3, -0.25) is 4.79 Å². The molecule has 4 heteroatoms. The lowest BCUT2D eigenvalue weighted by Gasteiger charge is -2.17. The normalized spacial score (nSPS) is 11.5. The van der Waals surface area contributed by atoms with E-state index in [1.54, 1.807) is 0 Å². The number of nitrogens with one attached hydrogen (secondary N) is 1. The number of esters is 1. The van der Waals surface area contributed by atoms with Crippen LogP contribution >= 0.6 is 0 Å². The summed E-state index contributed by atoms with van der Waals surface area (Å²) in [5.41, 5.74) is 1.88. The topological polar surface area (TPSA) is 55.4 Å². The zero-order chi connectivity index (χ0) is 15.8. The first-order valence-corrected chi connectivity index (χ1v) is 7.17. The number of benzene rings is 2. The molecular formula is C18H19NO3. The van der Waals surface area contributed by atoms with Crippen LogP contribution in [0.1, 0.15) is 18.1 Å². The van der Waals surface area contributed by atoms with Crippen molar-refractivity contribution in [2.45, 2.75) is 26.0 Å². The summed E-state index contributed by atoms with van der Waals surface area (Å²) in [6.45, 7) is 1.59. The van der Waals surface area contributed by atoms with Crippen molar-refractivity contribution in [1.29, 1.82) is 0 Å². The molecule has 2 rings (SSSR count). The Labute approximate surface area is 130 Å². The van der Waals surface area contributed by atoms with E-state index in [9.17, 15) is 9.59 Å². The molecule has 114 valence electrons. The zero-order valence-corrected chi connectivity index (χ0v) is 12.5. The second kappa shape index (κ2) is 7.98. The van der Waals surface area contributed by atoms with E-state index in [1.165, 1.54) is 6.92 Å². The van der Waals surface area contributed by atoms with E-state index < -0.39 is 12.0 Å². The standard InChI is InChI=1S/C18H19NO3/c1-14(20)19-17(12-15-8-4-2-5-9-15)18(21)22-13-16-10-6-3-7-11-16/h2-11,17H,12-13H2,1H3,(H,19,20)/t17-/m1/s1. The number of carbonyl (C=O) groups is 2. The summed E-state index contributed by atoms with van der Waals surface area (Å²) in [5, 5.41) is 2.65. The molecule has 4 nitrogen and oxygen atoms in total. The van der Waals surface area contributed by atoms with E-state index in [1.807, 2.05) is 60.7 Å². The Morgan fingerprint density at radius 3 is 2.05 bits per heavy atom. The Hall–Kier alpha value is -2.62. The molecule has 0 fully saturated rings. The predicted octanol–water partition coefficient (Wildman–Crippen LogP) is 2.48. The van der Waals surface area contributed by atoms with Gasteiger partial charge >= 0.3 is 5.97 Å². The van der Waals surface area contributed by atoms with Crippen molar-refractivity contribution in [3.63, 3.8) is 0 Å². The van der Waals surface area contributed by atoms with Gasteiger partial charge < -0.3 is 10.1 Å². The van der Waals surface area contributed by atoms with Crippen molar-refractivity contribution in [3.05, 3.63) is 71.8 Å². The lowest BCUT2D eigenvalue weighted by atomic mass is 10.1. The largest absolute Gasteiger partial charge is 0.459 e. The van der Waals surface area contributed by atoms with E-state index in [0.717, 1.165) is 11.1 Å². The minimum Gasteiger partial charge on any atom is -0.459 e. The van der Waals surface area contributed by atoms with Gasteiger partial charge in [0.15, 0.2) is 0 Å². The van der Waals surface area contributed by atoms with Gasteiger partial charge in [-0.2, -0.15) is 0 Å². The summed E-state index contributed by atoms with van der Waals surface area (Å²) in [6, 6.07) is 18.3. The Balaban J connectivity index is 1.98. The van der Waals surface area contributed by atoms with E-state index in [2.05, 4.69) is 5.32 Å². The molecule has 1 N–H and O–H groups in total. The van der Waals surface area contributed by atoms with Crippen molar-refractivity contribution in [1.82, 2.24) is 5.32 Å². The van der Waals surface area contributed by atoms with E-state index >= 15 is 0 Å². The highest BCUT2D eigenvalue weighted by atomic mass is 16.5. The van der Waals surface area contributed by atoms with Crippen LogP contribution in [0.15, 0.2) is 60.7 Å². The van der Waals surface area contributed by atoms with Gasteiger partial charge in [0, 0.05) is 13.3 Å². The minimum atomic E-state index is -0.677. The fourth-order valence-electron chi connectivity index (χ4n) is 2.12. The first-order chi connectivity index (χ1) is 10.6. The molecule has 1 atom stereocenters. The molecule has 0 spiro atoms. The maximum Gasteiger partial charge on any atom is 0.329 e. The molecule has 1 amide bonds. The van der Waals surface area contributed by atoms with Crippen LogP contribution in [0.25, 0.3) is 0 Å². The third-order valence-electron chi connectivity index (χ3n) is 3.17. The number of hydrogen-bond acceptors (Lipinski definition) is 3. The highest BCUT2D eigenvalue weighted by Crippen LogP contribution is 2.07. The third kappa shape index (κ3) is 5.05. The predicted molar refractivity (Wildman–Crippen MR) is 84.0 cm³/mol. The molecular weight excluding hydrogens is 278 g/mol. The molecule has 0 aliphatic rings. The Bertz CT molecular complexity index is 611. The van der Waals surface area contributed by atoms with Gasteiger partial charge in [-0.15, -0.1) is 0 Å². The van der Waals surface area contributed by atoms with Crippen LogP contribution in [-0.2, 0) is 27.4 Å². The second-order valence-corrected chi connectivity index (χ2v) is 5.04.